The van der Waals surface area contributed by atoms with Crippen molar-refractivity contribution < 1.29 is 36.0 Å². The number of hydrogen-bond donors (Lipinski definition) is 0. The molecule has 0 unspecified atom stereocenters. The predicted molar refractivity (Wildman–Crippen MR) is 42.4 cm³/mol. The van der Waals surface area contributed by atoms with Gasteiger partial charge in [0.1, 0.15) is 6.61 Å². The van der Waals surface area contributed by atoms with Gasteiger partial charge in [-0.2, -0.15) is 0 Å². The summed E-state index contributed by atoms with van der Waals surface area (Å²) >= 11 is 0. The quantitative estimate of drug-likeness (QED) is 0.375. The van der Waals surface area contributed by atoms with Crippen LogP contribution in [-0.4, -0.2) is 25.8 Å². The fraction of sp³-hybridized carbons (Fsp3) is 0.875. The topological polar surface area (TPSA) is 35.5 Å². The van der Waals surface area contributed by atoms with Crippen molar-refractivity contribution in [1.29, 1.82) is 0 Å². The number of carbonyl (C=O) groups excluding carboxylic acids is 1. The fourth-order valence-corrected chi connectivity index (χ4v) is 0.593. The second-order valence-corrected chi connectivity index (χ2v) is 2.31. The molecule has 0 radical (unpaired) electrons. The number of rotatable bonds is 6. The molecule has 12 heavy (non-hydrogen) atoms. The average Bonchev–Trinajstić information content (AvgIpc) is 1.96. The van der Waals surface area contributed by atoms with Gasteiger partial charge < -0.3 is 9.47 Å². The van der Waals surface area contributed by atoms with Crippen LogP contribution in [0.1, 0.15) is 26.7 Å². The molecule has 0 fully saturated rings. The molecule has 0 rings (SSSR count). The minimum Gasteiger partial charge on any atom is -0.463 e. The second kappa shape index (κ2) is 11.1. The number of carbonyl (C=O) groups is 1. The van der Waals surface area contributed by atoms with Crippen LogP contribution < -0.4 is 0 Å². The molecule has 0 atom stereocenters. The Balaban J connectivity index is 0. The van der Waals surface area contributed by atoms with E-state index in [9.17, 15) is 4.79 Å². The van der Waals surface area contributed by atoms with Crippen molar-refractivity contribution in [1.82, 2.24) is 0 Å². The molecule has 70 valence electrons. The van der Waals surface area contributed by atoms with Crippen LogP contribution in [-0.2, 0) is 36.0 Å². The van der Waals surface area contributed by atoms with Crippen molar-refractivity contribution in [2.24, 2.45) is 0 Å². The minimum atomic E-state index is -0.246. The summed E-state index contributed by atoms with van der Waals surface area (Å²) in [5.41, 5.74) is 0. The minimum absolute atomic E-state index is 0. The molecular weight excluding hydrogens is 192 g/mol. The maximum Gasteiger partial charge on any atom is 0.302 e. The zero-order chi connectivity index (χ0) is 8.53. The van der Waals surface area contributed by atoms with Crippen LogP contribution in [0.5, 0.6) is 0 Å². The van der Waals surface area contributed by atoms with Crippen molar-refractivity contribution in [3.8, 4) is 0 Å². The summed E-state index contributed by atoms with van der Waals surface area (Å²) in [6.07, 6.45) is 2.20. The smallest absolute Gasteiger partial charge is 0.302 e. The normalized spacial score (nSPS) is 8.83. The Morgan fingerprint density at radius 2 is 1.92 bits per heavy atom. The molecule has 0 aromatic carbocycles. The standard InChI is InChI=1S/C8H16O3.Ti/c1-3-4-5-10-6-7-11-8(2)9;/h3-7H2,1-2H3;. The molecule has 0 saturated carbocycles. The van der Waals surface area contributed by atoms with E-state index in [1.165, 1.54) is 6.92 Å². The zero-order valence-electron chi connectivity index (χ0n) is 7.76. The van der Waals surface area contributed by atoms with Gasteiger partial charge in [0.15, 0.2) is 0 Å². The van der Waals surface area contributed by atoms with Gasteiger partial charge in [-0.05, 0) is 6.42 Å². The first-order chi connectivity index (χ1) is 5.27. The molecule has 0 aliphatic carbocycles. The van der Waals surface area contributed by atoms with Crippen molar-refractivity contribution in [2.45, 2.75) is 26.7 Å². The van der Waals surface area contributed by atoms with Crippen molar-refractivity contribution in [3.63, 3.8) is 0 Å². The number of esters is 1. The molecule has 0 bridgehead atoms. The summed E-state index contributed by atoms with van der Waals surface area (Å²) < 4.78 is 9.81. The maximum atomic E-state index is 10.3. The van der Waals surface area contributed by atoms with E-state index >= 15 is 0 Å². The average molecular weight is 208 g/mol. The van der Waals surface area contributed by atoms with Gasteiger partial charge in [0.05, 0.1) is 6.61 Å². The summed E-state index contributed by atoms with van der Waals surface area (Å²) in [6, 6.07) is 0. The summed E-state index contributed by atoms with van der Waals surface area (Å²) in [6.45, 7) is 5.15. The fourth-order valence-electron chi connectivity index (χ4n) is 0.593. The third-order valence-corrected chi connectivity index (χ3v) is 1.18. The number of ether oxygens (including phenoxy) is 2. The van der Waals surface area contributed by atoms with Gasteiger partial charge in [0.2, 0.25) is 0 Å². The van der Waals surface area contributed by atoms with Gasteiger partial charge >= 0.3 is 5.97 Å². The van der Waals surface area contributed by atoms with Crippen molar-refractivity contribution in [2.75, 3.05) is 19.8 Å². The van der Waals surface area contributed by atoms with Crippen molar-refractivity contribution in [3.05, 3.63) is 0 Å². The van der Waals surface area contributed by atoms with E-state index in [0.29, 0.717) is 13.2 Å². The first-order valence-corrected chi connectivity index (χ1v) is 3.98. The van der Waals surface area contributed by atoms with Gasteiger partial charge in [-0.1, -0.05) is 13.3 Å². The molecule has 0 aromatic heterocycles. The summed E-state index contributed by atoms with van der Waals surface area (Å²) in [5.74, 6) is -0.246. The van der Waals surface area contributed by atoms with E-state index in [4.69, 9.17) is 4.74 Å². The summed E-state index contributed by atoms with van der Waals surface area (Å²) in [4.78, 5) is 10.3. The zero-order valence-corrected chi connectivity index (χ0v) is 9.32. The van der Waals surface area contributed by atoms with E-state index in [2.05, 4.69) is 11.7 Å². The summed E-state index contributed by atoms with van der Waals surface area (Å²) in [5, 5.41) is 0. The van der Waals surface area contributed by atoms with Gasteiger partial charge in [-0.15, -0.1) is 0 Å². The van der Waals surface area contributed by atoms with Gasteiger partial charge in [0, 0.05) is 35.2 Å². The second-order valence-electron chi connectivity index (χ2n) is 2.31. The van der Waals surface area contributed by atoms with Crippen molar-refractivity contribution >= 4 is 5.97 Å². The Morgan fingerprint density at radius 1 is 1.25 bits per heavy atom. The third kappa shape index (κ3) is 12.8. The van der Waals surface area contributed by atoms with E-state index < -0.39 is 0 Å². The Kier molecular flexibility index (Phi) is 13.6. The number of unbranched alkanes of at least 4 members (excludes halogenated alkanes) is 1. The van der Waals surface area contributed by atoms with Crippen LogP contribution in [0.15, 0.2) is 0 Å². The molecule has 4 heteroatoms. The first-order valence-electron chi connectivity index (χ1n) is 3.98. The van der Waals surface area contributed by atoms with Crippen LogP contribution >= 0.6 is 0 Å². The van der Waals surface area contributed by atoms with E-state index in [1.807, 2.05) is 0 Å². The SMILES string of the molecule is CCCCOCCOC(C)=O.[Ti]. The molecular formula is C8H16O3Ti. The first kappa shape index (κ1) is 14.7. The Bertz CT molecular complexity index is 106. The van der Waals surface area contributed by atoms with Crippen LogP contribution in [0.3, 0.4) is 0 Å². The van der Waals surface area contributed by atoms with Crippen LogP contribution in [0.2, 0.25) is 0 Å². The van der Waals surface area contributed by atoms with Crippen LogP contribution in [0.25, 0.3) is 0 Å². The van der Waals surface area contributed by atoms with E-state index in [0.717, 1.165) is 19.4 Å². The maximum absolute atomic E-state index is 10.3. The Hall–Kier alpha value is 0.144. The molecule has 0 aliphatic heterocycles. The molecule has 0 N–H and O–H groups in total. The summed E-state index contributed by atoms with van der Waals surface area (Å²) in [7, 11) is 0. The van der Waals surface area contributed by atoms with Gasteiger partial charge in [0.25, 0.3) is 0 Å². The van der Waals surface area contributed by atoms with E-state index in [1.54, 1.807) is 0 Å². The van der Waals surface area contributed by atoms with Gasteiger partial charge in [-0.25, -0.2) is 0 Å². The molecule has 0 aromatic rings. The van der Waals surface area contributed by atoms with Crippen LogP contribution in [0, 0.1) is 0 Å². The Labute approximate surface area is 88.7 Å². The van der Waals surface area contributed by atoms with Crippen LogP contribution in [0.4, 0.5) is 0 Å². The molecule has 0 saturated heterocycles. The molecule has 0 amide bonds. The number of hydrogen-bond acceptors (Lipinski definition) is 3. The third-order valence-electron chi connectivity index (χ3n) is 1.18. The Morgan fingerprint density at radius 3 is 2.42 bits per heavy atom. The molecule has 0 aliphatic rings. The van der Waals surface area contributed by atoms with E-state index in [-0.39, 0.29) is 27.7 Å². The molecule has 0 heterocycles. The monoisotopic (exact) mass is 208 g/mol. The van der Waals surface area contributed by atoms with Gasteiger partial charge in [-0.3, -0.25) is 4.79 Å². The largest absolute Gasteiger partial charge is 0.463 e. The molecule has 3 nitrogen and oxygen atoms in total. The predicted octanol–water partition coefficient (Wildman–Crippen LogP) is 1.36. The molecule has 0 spiro atoms.